The zero-order valence-electron chi connectivity index (χ0n) is 12.1. The molecule has 1 aromatic carbocycles. The SMILES string of the molecule is Cc1nc2ccc(NC(=O)C3(N)CCOCC3)cc2o1.Cl.Cl. The van der Waals surface area contributed by atoms with Gasteiger partial charge in [0.15, 0.2) is 11.5 Å². The van der Waals surface area contributed by atoms with E-state index in [0.717, 1.165) is 5.52 Å². The molecule has 0 atom stereocenters. The predicted molar refractivity (Wildman–Crippen MR) is 88.8 cm³/mol. The van der Waals surface area contributed by atoms with Crippen LogP contribution in [0.2, 0.25) is 0 Å². The van der Waals surface area contributed by atoms with Gasteiger partial charge in [0.25, 0.3) is 0 Å². The number of amides is 1. The number of halogens is 2. The fourth-order valence-electron chi connectivity index (χ4n) is 2.34. The first-order chi connectivity index (χ1) is 9.57. The number of oxazole rings is 1. The minimum atomic E-state index is -0.857. The molecule has 0 radical (unpaired) electrons. The number of carbonyl (C=O) groups is 1. The number of anilines is 1. The number of nitrogens with one attached hydrogen (secondary N) is 1. The number of fused-ring (bicyclic) bond motifs is 1. The molecule has 1 amide bonds. The average Bonchev–Trinajstić information content (AvgIpc) is 2.79. The lowest BCUT2D eigenvalue weighted by Gasteiger charge is -2.31. The second kappa shape index (κ2) is 7.28. The van der Waals surface area contributed by atoms with Gasteiger partial charge in [0.2, 0.25) is 5.91 Å². The lowest BCUT2D eigenvalue weighted by molar-refractivity contribution is -0.124. The van der Waals surface area contributed by atoms with Gasteiger partial charge in [-0.25, -0.2) is 4.98 Å². The Labute approximate surface area is 140 Å². The van der Waals surface area contributed by atoms with Crippen LogP contribution in [0, 0.1) is 6.92 Å². The number of aryl methyl sites for hydroxylation is 1. The van der Waals surface area contributed by atoms with Crippen molar-refractivity contribution >= 4 is 47.5 Å². The number of aromatic nitrogens is 1. The molecule has 1 aliphatic rings. The van der Waals surface area contributed by atoms with Gasteiger partial charge in [0, 0.05) is 31.9 Å². The fraction of sp³-hybridized carbons (Fsp3) is 0.429. The molecule has 1 saturated heterocycles. The maximum atomic E-state index is 12.3. The molecule has 122 valence electrons. The van der Waals surface area contributed by atoms with E-state index >= 15 is 0 Å². The van der Waals surface area contributed by atoms with Gasteiger partial charge < -0.3 is 20.2 Å². The maximum absolute atomic E-state index is 12.3. The highest BCUT2D eigenvalue weighted by Gasteiger charge is 2.35. The highest BCUT2D eigenvalue weighted by atomic mass is 35.5. The molecule has 2 aromatic rings. The molecular formula is C14H19Cl2N3O3. The van der Waals surface area contributed by atoms with Crippen LogP contribution in [0.4, 0.5) is 5.69 Å². The first-order valence-electron chi connectivity index (χ1n) is 6.62. The fourth-order valence-corrected chi connectivity index (χ4v) is 2.34. The van der Waals surface area contributed by atoms with Crippen molar-refractivity contribution in [2.45, 2.75) is 25.3 Å². The first-order valence-corrected chi connectivity index (χ1v) is 6.62. The molecule has 8 heteroatoms. The van der Waals surface area contributed by atoms with E-state index in [-0.39, 0.29) is 30.7 Å². The summed E-state index contributed by atoms with van der Waals surface area (Å²) in [6.07, 6.45) is 1.06. The molecule has 1 fully saturated rings. The van der Waals surface area contributed by atoms with Gasteiger partial charge in [-0.2, -0.15) is 0 Å². The zero-order valence-corrected chi connectivity index (χ0v) is 13.8. The number of nitrogens with zero attached hydrogens (tertiary/aromatic N) is 1. The Morgan fingerprint density at radius 2 is 2.00 bits per heavy atom. The third-order valence-corrected chi connectivity index (χ3v) is 3.59. The van der Waals surface area contributed by atoms with Crippen LogP contribution in [0.15, 0.2) is 22.6 Å². The van der Waals surface area contributed by atoms with Crippen molar-refractivity contribution in [1.82, 2.24) is 4.98 Å². The summed E-state index contributed by atoms with van der Waals surface area (Å²) in [5.41, 5.74) is 7.37. The quantitative estimate of drug-likeness (QED) is 0.870. The number of nitrogens with two attached hydrogens (primary N) is 1. The smallest absolute Gasteiger partial charge is 0.244 e. The number of rotatable bonds is 2. The van der Waals surface area contributed by atoms with E-state index in [9.17, 15) is 4.79 Å². The Balaban J connectivity index is 0.00000121. The van der Waals surface area contributed by atoms with Crippen LogP contribution in [0.25, 0.3) is 11.1 Å². The van der Waals surface area contributed by atoms with E-state index in [1.54, 1.807) is 19.1 Å². The number of hydrogen-bond donors (Lipinski definition) is 2. The largest absolute Gasteiger partial charge is 0.441 e. The van der Waals surface area contributed by atoms with E-state index in [4.69, 9.17) is 14.9 Å². The third-order valence-electron chi connectivity index (χ3n) is 3.59. The monoisotopic (exact) mass is 347 g/mol. The Bertz CT molecular complexity index is 654. The van der Waals surface area contributed by atoms with Gasteiger partial charge in [-0.15, -0.1) is 24.8 Å². The van der Waals surface area contributed by atoms with Crippen LogP contribution < -0.4 is 11.1 Å². The first kappa shape index (κ1) is 18.7. The van der Waals surface area contributed by atoms with Crippen LogP contribution in [0.3, 0.4) is 0 Å². The van der Waals surface area contributed by atoms with Crippen molar-refractivity contribution in [2.75, 3.05) is 18.5 Å². The van der Waals surface area contributed by atoms with Crippen LogP contribution in [-0.2, 0) is 9.53 Å². The molecule has 0 unspecified atom stereocenters. The number of carbonyl (C=O) groups excluding carboxylic acids is 1. The van der Waals surface area contributed by atoms with Gasteiger partial charge in [-0.1, -0.05) is 0 Å². The lowest BCUT2D eigenvalue weighted by Crippen LogP contribution is -2.54. The van der Waals surface area contributed by atoms with E-state index in [2.05, 4.69) is 10.3 Å². The van der Waals surface area contributed by atoms with E-state index in [1.807, 2.05) is 6.07 Å². The van der Waals surface area contributed by atoms with Crippen molar-refractivity contribution in [3.63, 3.8) is 0 Å². The van der Waals surface area contributed by atoms with Crippen LogP contribution in [0.5, 0.6) is 0 Å². The van der Waals surface area contributed by atoms with Gasteiger partial charge in [0.1, 0.15) is 11.1 Å². The van der Waals surface area contributed by atoms with Gasteiger partial charge in [0.05, 0.1) is 0 Å². The van der Waals surface area contributed by atoms with Crippen molar-refractivity contribution < 1.29 is 13.9 Å². The lowest BCUT2D eigenvalue weighted by atomic mass is 9.90. The highest BCUT2D eigenvalue weighted by molar-refractivity contribution is 5.99. The van der Waals surface area contributed by atoms with Crippen molar-refractivity contribution in [2.24, 2.45) is 5.73 Å². The van der Waals surface area contributed by atoms with Crippen LogP contribution in [0.1, 0.15) is 18.7 Å². The Morgan fingerprint density at radius 1 is 1.32 bits per heavy atom. The van der Waals surface area contributed by atoms with Crippen molar-refractivity contribution in [3.05, 3.63) is 24.1 Å². The molecule has 22 heavy (non-hydrogen) atoms. The van der Waals surface area contributed by atoms with Gasteiger partial charge >= 0.3 is 0 Å². The molecule has 1 aliphatic heterocycles. The summed E-state index contributed by atoms with van der Waals surface area (Å²) < 4.78 is 10.7. The van der Waals surface area contributed by atoms with Crippen LogP contribution in [-0.4, -0.2) is 29.6 Å². The summed E-state index contributed by atoms with van der Waals surface area (Å²) in [7, 11) is 0. The second-order valence-corrected chi connectivity index (χ2v) is 5.14. The summed E-state index contributed by atoms with van der Waals surface area (Å²) >= 11 is 0. The minimum Gasteiger partial charge on any atom is -0.441 e. The normalized spacial score (nSPS) is 16.5. The standard InChI is InChI=1S/C14H17N3O3.2ClH/c1-9-16-11-3-2-10(8-12(11)20-9)17-13(18)14(15)4-6-19-7-5-14;;/h2-3,8H,4-7,15H2,1H3,(H,17,18);2*1H. The topological polar surface area (TPSA) is 90.4 Å². The average molecular weight is 348 g/mol. The minimum absolute atomic E-state index is 0. The molecule has 0 saturated carbocycles. The van der Waals surface area contributed by atoms with Crippen LogP contribution >= 0.6 is 24.8 Å². The highest BCUT2D eigenvalue weighted by Crippen LogP contribution is 2.23. The molecule has 0 bridgehead atoms. The number of ether oxygens (including phenoxy) is 1. The maximum Gasteiger partial charge on any atom is 0.244 e. The molecule has 0 spiro atoms. The second-order valence-electron chi connectivity index (χ2n) is 5.14. The summed E-state index contributed by atoms with van der Waals surface area (Å²) in [5, 5.41) is 2.85. The zero-order chi connectivity index (χ0) is 14.2. The number of hydrogen-bond acceptors (Lipinski definition) is 5. The van der Waals surface area contributed by atoms with Crippen molar-refractivity contribution in [3.8, 4) is 0 Å². The van der Waals surface area contributed by atoms with Crippen molar-refractivity contribution in [1.29, 1.82) is 0 Å². The molecule has 3 rings (SSSR count). The molecule has 0 aliphatic carbocycles. The van der Waals surface area contributed by atoms with Gasteiger partial charge in [-0.3, -0.25) is 4.79 Å². The molecule has 1 aromatic heterocycles. The Morgan fingerprint density at radius 3 is 2.68 bits per heavy atom. The number of benzene rings is 1. The third kappa shape index (κ3) is 3.70. The predicted octanol–water partition coefficient (Wildman–Crippen LogP) is 2.43. The summed E-state index contributed by atoms with van der Waals surface area (Å²) in [6.45, 7) is 2.82. The molecule has 3 N–H and O–H groups in total. The molecular weight excluding hydrogens is 329 g/mol. The Kier molecular flexibility index (Phi) is 6.19. The summed E-state index contributed by atoms with van der Waals surface area (Å²) in [5.74, 6) is 0.416. The van der Waals surface area contributed by atoms with E-state index < -0.39 is 5.54 Å². The molecule has 6 nitrogen and oxygen atoms in total. The Hall–Kier alpha value is -1.34. The van der Waals surface area contributed by atoms with Gasteiger partial charge in [-0.05, 0) is 25.0 Å². The summed E-state index contributed by atoms with van der Waals surface area (Å²) in [6, 6.07) is 5.37. The summed E-state index contributed by atoms with van der Waals surface area (Å²) in [4.78, 5) is 16.5. The van der Waals surface area contributed by atoms with E-state index in [1.165, 1.54) is 0 Å². The molecule has 2 heterocycles. The van der Waals surface area contributed by atoms with E-state index in [0.29, 0.717) is 43.2 Å².